The number of carbonyl (C=O) groups is 1. The first-order valence-corrected chi connectivity index (χ1v) is 8.23. The van der Waals surface area contributed by atoms with Gasteiger partial charge in [-0.15, -0.1) is 0 Å². The molecule has 9 heteroatoms. The number of aromatic amines is 1. The largest absolute Gasteiger partial charge is 0.493 e. The molecular weight excluding hydrogens is 370 g/mol. The van der Waals surface area contributed by atoms with Crippen LogP contribution in [0.2, 0.25) is 0 Å². The Morgan fingerprint density at radius 2 is 1.79 bits per heavy atom. The highest BCUT2D eigenvalue weighted by Crippen LogP contribution is 2.35. The molecule has 2 amide bonds. The Morgan fingerprint density at radius 1 is 1.04 bits per heavy atom. The number of methoxy groups -OCH3 is 2. The van der Waals surface area contributed by atoms with Gasteiger partial charge in [0.1, 0.15) is 17.3 Å². The predicted molar refractivity (Wildman–Crippen MR) is 101 cm³/mol. The van der Waals surface area contributed by atoms with Gasteiger partial charge in [-0.3, -0.25) is 5.10 Å². The molecule has 0 fully saturated rings. The molecule has 28 heavy (non-hydrogen) atoms. The molecule has 0 saturated carbocycles. The average Bonchev–Trinajstić information content (AvgIpc) is 3.03. The number of urea groups is 1. The van der Waals surface area contributed by atoms with Crippen molar-refractivity contribution in [3.05, 3.63) is 53.7 Å². The molecule has 3 aromatic rings. The molecule has 1 heterocycles. The molecule has 0 aliphatic heterocycles. The molecular formula is C19H18F2N4O3. The van der Waals surface area contributed by atoms with Crippen molar-refractivity contribution < 1.29 is 23.0 Å². The summed E-state index contributed by atoms with van der Waals surface area (Å²) in [5.74, 6) is -0.550. The Morgan fingerprint density at radius 3 is 2.46 bits per heavy atom. The minimum absolute atomic E-state index is 0.146. The van der Waals surface area contributed by atoms with Crippen LogP contribution >= 0.6 is 0 Å². The van der Waals surface area contributed by atoms with Gasteiger partial charge in [-0.25, -0.2) is 13.6 Å². The summed E-state index contributed by atoms with van der Waals surface area (Å²) < 4.78 is 37.3. The van der Waals surface area contributed by atoms with E-state index in [4.69, 9.17) is 9.47 Å². The fraction of sp³-hybridized carbons (Fsp3) is 0.158. The summed E-state index contributed by atoms with van der Waals surface area (Å²) in [6.07, 6.45) is 0. The summed E-state index contributed by atoms with van der Waals surface area (Å²) >= 11 is 0. The van der Waals surface area contributed by atoms with Crippen molar-refractivity contribution in [3.8, 4) is 22.8 Å². The van der Waals surface area contributed by atoms with Crippen molar-refractivity contribution in [2.45, 2.75) is 6.92 Å². The SMILES string of the molecule is COc1ccc(-c2n[nH]c(C)c2NC(=O)Nc2ccc(F)cc2F)cc1OC. The number of H-pyrrole nitrogens is 1. The van der Waals surface area contributed by atoms with Crippen molar-refractivity contribution in [2.75, 3.05) is 24.9 Å². The number of benzene rings is 2. The molecule has 146 valence electrons. The first-order chi connectivity index (χ1) is 13.4. The number of aryl methyl sites for hydroxylation is 1. The molecule has 0 aliphatic carbocycles. The Labute approximate surface area is 159 Å². The Balaban J connectivity index is 1.86. The smallest absolute Gasteiger partial charge is 0.323 e. The normalized spacial score (nSPS) is 10.5. The van der Waals surface area contributed by atoms with Crippen LogP contribution in [-0.4, -0.2) is 30.4 Å². The highest BCUT2D eigenvalue weighted by atomic mass is 19.1. The van der Waals surface area contributed by atoms with Crippen LogP contribution in [0.15, 0.2) is 36.4 Å². The zero-order chi connectivity index (χ0) is 20.3. The van der Waals surface area contributed by atoms with Gasteiger partial charge in [-0.2, -0.15) is 5.10 Å². The number of halogens is 2. The zero-order valence-corrected chi connectivity index (χ0v) is 15.4. The Bertz CT molecular complexity index is 1020. The van der Waals surface area contributed by atoms with Crippen LogP contribution in [0.5, 0.6) is 11.5 Å². The fourth-order valence-corrected chi connectivity index (χ4v) is 2.63. The Hall–Kier alpha value is -3.62. The summed E-state index contributed by atoms with van der Waals surface area (Å²) in [6.45, 7) is 1.73. The van der Waals surface area contributed by atoms with Gasteiger partial charge in [0.15, 0.2) is 11.5 Å². The van der Waals surface area contributed by atoms with Crippen LogP contribution in [0.4, 0.5) is 25.0 Å². The Kier molecular flexibility index (Phi) is 5.44. The van der Waals surface area contributed by atoms with E-state index in [1.165, 1.54) is 14.2 Å². The van der Waals surface area contributed by atoms with Gasteiger partial charge in [0.25, 0.3) is 0 Å². The molecule has 0 spiro atoms. The quantitative estimate of drug-likeness (QED) is 0.607. The van der Waals surface area contributed by atoms with E-state index in [0.29, 0.717) is 40.2 Å². The van der Waals surface area contributed by atoms with E-state index in [1.54, 1.807) is 25.1 Å². The number of carbonyl (C=O) groups excluding carboxylic acids is 1. The maximum atomic E-state index is 13.7. The van der Waals surface area contributed by atoms with E-state index in [9.17, 15) is 13.6 Å². The molecule has 0 unspecified atom stereocenters. The molecule has 0 saturated heterocycles. The van der Waals surface area contributed by atoms with E-state index < -0.39 is 17.7 Å². The summed E-state index contributed by atoms with van der Waals surface area (Å²) in [5.41, 5.74) is 2.00. The van der Waals surface area contributed by atoms with Crippen LogP contribution in [0.3, 0.4) is 0 Å². The van der Waals surface area contributed by atoms with Crippen LogP contribution in [-0.2, 0) is 0 Å². The number of amides is 2. The van der Waals surface area contributed by atoms with Crippen molar-refractivity contribution in [3.63, 3.8) is 0 Å². The van der Waals surface area contributed by atoms with Gasteiger partial charge < -0.3 is 20.1 Å². The first-order valence-electron chi connectivity index (χ1n) is 8.23. The number of rotatable bonds is 5. The molecule has 3 rings (SSSR count). The lowest BCUT2D eigenvalue weighted by molar-refractivity contribution is 0.262. The van der Waals surface area contributed by atoms with Gasteiger partial charge in [0.05, 0.1) is 31.3 Å². The van der Waals surface area contributed by atoms with E-state index in [2.05, 4.69) is 20.8 Å². The fourth-order valence-electron chi connectivity index (χ4n) is 2.63. The van der Waals surface area contributed by atoms with Crippen LogP contribution < -0.4 is 20.1 Å². The third-order valence-corrected chi connectivity index (χ3v) is 4.02. The van der Waals surface area contributed by atoms with E-state index in [1.807, 2.05) is 0 Å². The summed E-state index contributed by atoms with van der Waals surface area (Å²) in [5, 5.41) is 12.0. The molecule has 1 aromatic heterocycles. The number of ether oxygens (including phenoxy) is 2. The van der Waals surface area contributed by atoms with Crippen LogP contribution in [0.25, 0.3) is 11.3 Å². The van der Waals surface area contributed by atoms with E-state index >= 15 is 0 Å². The van der Waals surface area contributed by atoms with E-state index in [0.717, 1.165) is 12.1 Å². The maximum absolute atomic E-state index is 13.7. The van der Waals surface area contributed by atoms with Crippen molar-refractivity contribution in [1.29, 1.82) is 0 Å². The second kappa shape index (κ2) is 7.95. The topological polar surface area (TPSA) is 88.3 Å². The molecule has 0 radical (unpaired) electrons. The van der Waals surface area contributed by atoms with E-state index in [-0.39, 0.29) is 5.69 Å². The first kappa shape index (κ1) is 19.2. The summed E-state index contributed by atoms with van der Waals surface area (Å²) in [7, 11) is 3.05. The molecule has 0 aliphatic rings. The highest BCUT2D eigenvalue weighted by Gasteiger charge is 2.17. The number of nitrogens with zero attached hydrogens (tertiary/aromatic N) is 1. The molecule has 7 nitrogen and oxygen atoms in total. The van der Waals surface area contributed by atoms with Gasteiger partial charge in [0, 0.05) is 11.6 Å². The minimum Gasteiger partial charge on any atom is -0.493 e. The average molecular weight is 388 g/mol. The lowest BCUT2D eigenvalue weighted by Crippen LogP contribution is -2.20. The summed E-state index contributed by atoms with van der Waals surface area (Å²) in [4.78, 5) is 12.3. The molecule has 0 bridgehead atoms. The molecule has 2 aromatic carbocycles. The summed E-state index contributed by atoms with van der Waals surface area (Å²) in [6, 6.07) is 7.39. The van der Waals surface area contributed by atoms with Gasteiger partial charge in [0.2, 0.25) is 0 Å². The van der Waals surface area contributed by atoms with Gasteiger partial charge in [-0.1, -0.05) is 0 Å². The number of hydrogen-bond acceptors (Lipinski definition) is 4. The van der Waals surface area contributed by atoms with Crippen molar-refractivity contribution in [1.82, 2.24) is 10.2 Å². The lowest BCUT2D eigenvalue weighted by Gasteiger charge is -2.11. The third-order valence-electron chi connectivity index (χ3n) is 4.02. The highest BCUT2D eigenvalue weighted by molar-refractivity contribution is 6.02. The standard InChI is InChI=1S/C19H18F2N4O3/c1-10-17(23-19(26)22-14-6-5-12(20)9-13(14)21)18(25-24-10)11-4-7-15(27-2)16(8-11)28-3/h4-9H,1-3H3,(H,24,25)(H2,22,23,26). The second-order valence-corrected chi connectivity index (χ2v) is 5.85. The lowest BCUT2D eigenvalue weighted by atomic mass is 10.1. The van der Waals surface area contributed by atoms with Crippen LogP contribution in [0, 0.1) is 18.6 Å². The number of nitrogens with one attached hydrogen (secondary N) is 3. The van der Waals surface area contributed by atoms with Crippen molar-refractivity contribution in [2.24, 2.45) is 0 Å². The van der Waals surface area contributed by atoms with Crippen LogP contribution in [0.1, 0.15) is 5.69 Å². The van der Waals surface area contributed by atoms with Gasteiger partial charge >= 0.3 is 6.03 Å². The minimum atomic E-state index is -0.876. The van der Waals surface area contributed by atoms with Crippen molar-refractivity contribution >= 4 is 17.4 Å². The number of aromatic nitrogens is 2. The monoisotopic (exact) mass is 388 g/mol. The predicted octanol–water partition coefficient (Wildman–Crippen LogP) is 4.32. The molecule has 0 atom stereocenters. The maximum Gasteiger partial charge on any atom is 0.323 e. The second-order valence-electron chi connectivity index (χ2n) is 5.85. The number of anilines is 2. The zero-order valence-electron chi connectivity index (χ0n) is 15.4. The number of hydrogen-bond donors (Lipinski definition) is 3. The molecule has 3 N–H and O–H groups in total. The van der Waals surface area contributed by atoms with Gasteiger partial charge in [-0.05, 0) is 37.3 Å². The third kappa shape index (κ3) is 3.88.